The lowest BCUT2D eigenvalue weighted by molar-refractivity contribution is -0.141. The molecule has 1 N–H and O–H groups in total. The summed E-state index contributed by atoms with van der Waals surface area (Å²) in [5.74, 6) is 0.370. The van der Waals surface area contributed by atoms with Crippen molar-refractivity contribution >= 4 is 46.6 Å². The Kier molecular flexibility index (Phi) is 10.6. The van der Waals surface area contributed by atoms with Gasteiger partial charge in [-0.05, 0) is 68.7 Å². The van der Waals surface area contributed by atoms with E-state index in [2.05, 4.69) is 5.32 Å². The van der Waals surface area contributed by atoms with Gasteiger partial charge in [0.2, 0.25) is 11.8 Å². The van der Waals surface area contributed by atoms with E-state index in [1.165, 1.54) is 0 Å². The molecule has 174 valence electrons. The number of amides is 2. The Morgan fingerprint density at radius 1 is 1.03 bits per heavy atom. The molecule has 32 heavy (non-hydrogen) atoms. The van der Waals surface area contributed by atoms with Crippen molar-refractivity contribution in [2.75, 3.05) is 6.61 Å². The van der Waals surface area contributed by atoms with Gasteiger partial charge >= 0.3 is 0 Å². The summed E-state index contributed by atoms with van der Waals surface area (Å²) < 4.78 is 5.68. The molecule has 8 heteroatoms. The van der Waals surface area contributed by atoms with Crippen LogP contribution in [0.5, 0.6) is 5.75 Å². The lowest BCUT2D eigenvalue weighted by Crippen LogP contribution is -2.50. The number of halogens is 3. The standard InChI is InChI=1S/C24H29Cl3N2O3/c1-4-22(24(31)28-16(2)3)29(15-17-7-8-19(26)14-21(17)27)23(30)6-5-13-32-20-11-9-18(25)10-12-20/h7-12,14,16,22H,4-6,13,15H2,1-3H3,(H,28,31)/t22-/m1/s1. The summed E-state index contributed by atoms with van der Waals surface area (Å²) in [6.07, 6.45) is 1.23. The maximum absolute atomic E-state index is 13.2. The fourth-order valence-corrected chi connectivity index (χ4v) is 3.82. The number of nitrogens with one attached hydrogen (secondary N) is 1. The number of hydrogen-bond acceptors (Lipinski definition) is 3. The van der Waals surface area contributed by atoms with Crippen LogP contribution in [0.25, 0.3) is 0 Å². The van der Waals surface area contributed by atoms with Crippen molar-refractivity contribution in [2.24, 2.45) is 0 Å². The van der Waals surface area contributed by atoms with Gasteiger partial charge in [-0.1, -0.05) is 47.8 Å². The minimum absolute atomic E-state index is 0.0274. The largest absolute Gasteiger partial charge is 0.494 e. The molecule has 0 heterocycles. The highest BCUT2D eigenvalue weighted by Crippen LogP contribution is 2.24. The van der Waals surface area contributed by atoms with Gasteiger partial charge < -0.3 is 15.0 Å². The summed E-state index contributed by atoms with van der Waals surface area (Å²) in [4.78, 5) is 27.6. The van der Waals surface area contributed by atoms with Gasteiger partial charge in [-0.15, -0.1) is 0 Å². The van der Waals surface area contributed by atoms with Gasteiger partial charge in [-0.25, -0.2) is 0 Å². The van der Waals surface area contributed by atoms with Crippen molar-refractivity contribution in [3.63, 3.8) is 0 Å². The highest BCUT2D eigenvalue weighted by atomic mass is 35.5. The summed E-state index contributed by atoms with van der Waals surface area (Å²) in [5, 5.41) is 4.52. The normalized spacial score (nSPS) is 11.8. The predicted octanol–water partition coefficient (Wildman–Crippen LogP) is 6.14. The Bertz CT molecular complexity index is 904. The first-order chi connectivity index (χ1) is 15.2. The molecule has 2 amide bonds. The number of hydrogen-bond donors (Lipinski definition) is 1. The first-order valence-electron chi connectivity index (χ1n) is 10.6. The van der Waals surface area contributed by atoms with Crippen LogP contribution >= 0.6 is 34.8 Å². The van der Waals surface area contributed by atoms with E-state index in [1.54, 1.807) is 47.4 Å². The molecule has 0 fully saturated rings. The summed E-state index contributed by atoms with van der Waals surface area (Å²) in [6.45, 7) is 6.26. The first kappa shape index (κ1) is 26.3. The van der Waals surface area contributed by atoms with Crippen LogP contribution in [0.4, 0.5) is 0 Å². The number of nitrogens with zero attached hydrogens (tertiary/aromatic N) is 1. The lowest BCUT2D eigenvalue weighted by atomic mass is 10.1. The molecule has 5 nitrogen and oxygen atoms in total. The molecule has 0 saturated heterocycles. The van der Waals surface area contributed by atoms with E-state index in [0.29, 0.717) is 40.3 Å². The van der Waals surface area contributed by atoms with Crippen molar-refractivity contribution < 1.29 is 14.3 Å². The number of benzene rings is 2. The van der Waals surface area contributed by atoms with Gasteiger partial charge in [0.1, 0.15) is 11.8 Å². The van der Waals surface area contributed by atoms with E-state index in [4.69, 9.17) is 39.5 Å². The van der Waals surface area contributed by atoms with E-state index >= 15 is 0 Å². The van der Waals surface area contributed by atoms with Gasteiger partial charge in [-0.2, -0.15) is 0 Å². The van der Waals surface area contributed by atoms with Gasteiger partial charge in [0.05, 0.1) is 6.61 Å². The monoisotopic (exact) mass is 498 g/mol. The van der Waals surface area contributed by atoms with Crippen LogP contribution in [0.2, 0.25) is 15.1 Å². The zero-order chi connectivity index (χ0) is 23.7. The van der Waals surface area contributed by atoms with Crippen molar-refractivity contribution in [1.29, 1.82) is 0 Å². The van der Waals surface area contributed by atoms with Gasteiger partial charge in [0, 0.05) is 34.1 Å². The summed E-state index contributed by atoms with van der Waals surface area (Å²) in [7, 11) is 0. The lowest BCUT2D eigenvalue weighted by Gasteiger charge is -2.31. The highest BCUT2D eigenvalue weighted by molar-refractivity contribution is 6.35. The third kappa shape index (κ3) is 8.19. The van der Waals surface area contributed by atoms with Crippen LogP contribution in [-0.2, 0) is 16.1 Å². The second-order valence-corrected chi connectivity index (χ2v) is 9.03. The Balaban J connectivity index is 2.09. The maximum atomic E-state index is 13.2. The van der Waals surface area contributed by atoms with Crippen molar-refractivity contribution in [2.45, 2.75) is 58.7 Å². The third-order valence-electron chi connectivity index (χ3n) is 4.79. The van der Waals surface area contributed by atoms with Gasteiger partial charge in [0.15, 0.2) is 0 Å². The fraction of sp³-hybridized carbons (Fsp3) is 0.417. The van der Waals surface area contributed by atoms with Crippen molar-refractivity contribution in [3.8, 4) is 5.75 Å². The van der Waals surface area contributed by atoms with Crippen molar-refractivity contribution in [3.05, 3.63) is 63.1 Å². The molecular weight excluding hydrogens is 471 g/mol. The Morgan fingerprint density at radius 2 is 1.69 bits per heavy atom. The van der Waals surface area contributed by atoms with E-state index in [-0.39, 0.29) is 30.8 Å². The molecule has 0 aliphatic rings. The average molecular weight is 500 g/mol. The third-order valence-corrected chi connectivity index (χ3v) is 5.63. The second-order valence-electron chi connectivity index (χ2n) is 7.75. The predicted molar refractivity (Wildman–Crippen MR) is 131 cm³/mol. The molecule has 0 spiro atoms. The summed E-state index contributed by atoms with van der Waals surface area (Å²) >= 11 is 18.2. The number of carbonyl (C=O) groups is 2. The Morgan fingerprint density at radius 3 is 2.28 bits per heavy atom. The van der Waals surface area contributed by atoms with Crippen LogP contribution in [0, 0.1) is 0 Å². The van der Waals surface area contributed by atoms with Crippen molar-refractivity contribution in [1.82, 2.24) is 10.2 Å². The maximum Gasteiger partial charge on any atom is 0.243 e. The van der Waals surface area contributed by atoms with E-state index in [1.807, 2.05) is 20.8 Å². The molecule has 0 saturated carbocycles. The molecular formula is C24H29Cl3N2O3. The number of rotatable bonds is 11. The van der Waals surface area contributed by atoms with Crippen LogP contribution in [0.15, 0.2) is 42.5 Å². The van der Waals surface area contributed by atoms with Crippen LogP contribution in [-0.4, -0.2) is 35.4 Å². The SMILES string of the molecule is CC[C@H](C(=O)NC(C)C)N(Cc1ccc(Cl)cc1Cl)C(=O)CCCOc1ccc(Cl)cc1. The smallest absolute Gasteiger partial charge is 0.243 e. The van der Waals surface area contributed by atoms with E-state index in [9.17, 15) is 9.59 Å². The molecule has 0 bridgehead atoms. The quantitative estimate of drug-likeness (QED) is 0.378. The average Bonchev–Trinajstić information content (AvgIpc) is 2.73. The van der Waals surface area contributed by atoms with E-state index in [0.717, 1.165) is 5.56 Å². The minimum atomic E-state index is -0.603. The van der Waals surface area contributed by atoms with Gasteiger partial charge in [0.25, 0.3) is 0 Å². The van der Waals surface area contributed by atoms with E-state index < -0.39 is 6.04 Å². The molecule has 2 aromatic carbocycles. The zero-order valence-corrected chi connectivity index (χ0v) is 20.8. The zero-order valence-electron chi connectivity index (χ0n) is 18.5. The molecule has 2 rings (SSSR count). The Hall–Kier alpha value is -1.95. The summed E-state index contributed by atoms with van der Waals surface area (Å²) in [6, 6.07) is 11.6. The van der Waals surface area contributed by atoms with Crippen LogP contribution in [0.3, 0.4) is 0 Å². The number of ether oxygens (including phenoxy) is 1. The molecule has 0 unspecified atom stereocenters. The minimum Gasteiger partial charge on any atom is -0.494 e. The Labute approximate surface area is 205 Å². The molecule has 0 radical (unpaired) electrons. The molecule has 2 aromatic rings. The van der Waals surface area contributed by atoms with Crippen LogP contribution < -0.4 is 10.1 Å². The van der Waals surface area contributed by atoms with Gasteiger partial charge in [-0.3, -0.25) is 9.59 Å². The molecule has 1 atom stereocenters. The molecule has 0 aliphatic carbocycles. The highest BCUT2D eigenvalue weighted by Gasteiger charge is 2.29. The first-order valence-corrected chi connectivity index (χ1v) is 11.8. The fourth-order valence-electron chi connectivity index (χ4n) is 3.22. The number of carbonyl (C=O) groups excluding carboxylic acids is 2. The van der Waals surface area contributed by atoms with Crippen LogP contribution in [0.1, 0.15) is 45.6 Å². The summed E-state index contributed by atoms with van der Waals surface area (Å²) in [5.41, 5.74) is 0.734. The second kappa shape index (κ2) is 12.9. The molecule has 0 aromatic heterocycles. The molecule has 0 aliphatic heterocycles. The topological polar surface area (TPSA) is 58.6 Å².